The summed E-state index contributed by atoms with van der Waals surface area (Å²) >= 11 is 0. The van der Waals surface area contributed by atoms with Gasteiger partial charge in [0.15, 0.2) is 0 Å². The van der Waals surface area contributed by atoms with E-state index in [-0.39, 0.29) is 5.95 Å². The van der Waals surface area contributed by atoms with Crippen LogP contribution in [-0.2, 0) is 0 Å². The van der Waals surface area contributed by atoms with E-state index in [2.05, 4.69) is 25.0 Å². The number of H-pyrrole nitrogens is 1. The third-order valence-electron chi connectivity index (χ3n) is 2.25. The molecule has 0 amide bonds. The maximum Gasteiger partial charge on any atom is 0.349 e. The van der Waals surface area contributed by atoms with Crippen LogP contribution in [0.1, 0.15) is 0 Å². The van der Waals surface area contributed by atoms with Crippen molar-refractivity contribution in [2.45, 2.75) is 0 Å². The van der Waals surface area contributed by atoms with Crippen molar-refractivity contribution in [2.24, 2.45) is 0 Å². The molecule has 3 heterocycles. The highest BCUT2D eigenvalue weighted by Gasteiger charge is 2.09. The Labute approximate surface area is 94.2 Å². The van der Waals surface area contributed by atoms with Crippen molar-refractivity contribution >= 4 is 11.5 Å². The number of hydrogen-bond donors (Lipinski definition) is 2. The number of rotatable bonds is 1. The molecule has 0 saturated heterocycles. The van der Waals surface area contributed by atoms with Crippen LogP contribution in [0.15, 0.2) is 29.6 Å². The van der Waals surface area contributed by atoms with Crippen LogP contribution in [0.4, 0.5) is 5.95 Å². The lowest BCUT2D eigenvalue weighted by molar-refractivity contribution is 0.946. The van der Waals surface area contributed by atoms with Gasteiger partial charge in [-0.15, -0.1) is 0 Å². The molecule has 3 aromatic heterocycles. The Morgan fingerprint density at radius 2 is 2.18 bits per heavy atom. The van der Waals surface area contributed by atoms with Gasteiger partial charge in [-0.2, -0.15) is 15.1 Å². The number of aromatic nitrogens is 6. The van der Waals surface area contributed by atoms with Crippen LogP contribution < -0.4 is 11.4 Å². The topological polar surface area (TPSA) is 115 Å². The van der Waals surface area contributed by atoms with Crippen LogP contribution in [0, 0.1) is 0 Å². The van der Waals surface area contributed by atoms with E-state index in [9.17, 15) is 4.79 Å². The Kier molecular flexibility index (Phi) is 1.87. The van der Waals surface area contributed by atoms with Gasteiger partial charge in [-0.3, -0.25) is 9.97 Å². The fourth-order valence-corrected chi connectivity index (χ4v) is 1.55. The largest absolute Gasteiger partial charge is 0.368 e. The second kappa shape index (κ2) is 3.37. The molecule has 8 nitrogen and oxygen atoms in total. The first-order chi connectivity index (χ1) is 8.24. The molecule has 0 fully saturated rings. The number of aromatic amines is 1. The van der Waals surface area contributed by atoms with Crippen LogP contribution in [0.25, 0.3) is 16.9 Å². The summed E-state index contributed by atoms with van der Waals surface area (Å²) in [6.07, 6.45) is 6.51. The van der Waals surface area contributed by atoms with Crippen molar-refractivity contribution in [3.8, 4) is 11.4 Å². The quantitative estimate of drug-likeness (QED) is 0.578. The van der Waals surface area contributed by atoms with E-state index in [1.807, 2.05) is 0 Å². The molecule has 0 unspecified atom stereocenters. The summed E-state index contributed by atoms with van der Waals surface area (Å²) in [5.74, 6) is 0.248. The average molecular weight is 229 g/mol. The van der Waals surface area contributed by atoms with Gasteiger partial charge in [0.2, 0.25) is 5.95 Å². The molecule has 0 radical (unpaired) electrons. The van der Waals surface area contributed by atoms with Crippen molar-refractivity contribution < 1.29 is 0 Å². The third kappa shape index (κ3) is 1.51. The van der Waals surface area contributed by atoms with Crippen LogP contribution in [0.2, 0.25) is 0 Å². The number of nitrogens with one attached hydrogen (secondary N) is 1. The lowest BCUT2D eigenvalue weighted by atomic mass is 10.3. The fraction of sp³-hybridized carbons (Fsp3) is 0. The van der Waals surface area contributed by atoms with E-state index in [4.69, 9.17) is 5.73 Å². The molecular weight excluding hydrogens is 222 g/mol. The van der Waals surface area contributed by atoms with Crippen molar-refractivity contribution in [3.63, 3.8) is 0 Å². The van der Waals surface area contributed by atoms with E-state index in [1.165, 1.54) is 0 Å². The number of hydrogen-bond acceptors (Lipinski definition) is 6. The molecule has 0 aromatic carbocycles. The van der Waals surface area contributed by atoms with Gasteiger partial charge >= 0.3 is 5.69 Å². The highest BCUT2D eigenvalue weighted by molar-refractivity contribution is 5.74. The summed E-state index contributed by atoms with van der Waals surface area (Å²) in [6, 6.07) is 0. The average Bonchev–Trinajstić information content (AvgIpc) is 2.71. The van der Waals surface area contributed by atoms with E-state index < -0.39 is 5.69 Å². The number of anilines is 1. The Morgan fingerprint density at radius 1 is 1.29 bits per heavy atom. The number of nitrogens with zero attached hydrogens (tertiary/aromatic N) is 5. The predicted molar refractivity (Wildman–Crippen MR) is 59.0 cm³/mol. The normalized spacial score (nSPS) is 10.8. The van der Waals surface area contributed by atoms with Gasteiger partial charge in [0.05, 0.1) is 23.5 Å². The second-order valence-corrected chi connectivity index (χ2v) is 3.32. The summed E-state index contributed by atoms with van der Waals surface area (Å²) in [7, 11) is 0. The van der Waals surface area contributed by atoms with Crippen molar-refractivity contribution in [1.82, 2.24) is 29.5 Å². The molecule has 0 atom stereocenters. The molecule has 0 aliphatic rings. The van der Waals surface area contributed by atoms with Gasteiger partial charge in [0, 0.05) is 12.4 Å². The van der Waals surface area contributed by atoms with Gasteiger partial charge in [-0.25, -0.2) is 9.31 Å². The molecule has 3 rings (SSSR count). The maximum atomic E-state index is 11.2. The van der Waals surface area contributed by atoms with Crippen LogP contribution >= 0.6 is 0 Å². The van der Waals surface area contributed by atoms with Crippen molar-refractivity contribution in [3.05, 3.63) is 35.3 Å². The van der Waals surface area contributed by atoms with Gasteiger partial charge in [-0.1, -0.05) is 0 Å². The van der Waals surface area contributed by atoms with Crippen LogP contribution in [-0.4, -0.2) is 29.5 Å². The highest BCUT2D eigenvalue weighted by Crippen LogP contribution is 2.18. The van der Waals surface area contributed by atoms with Gasteiger partial charge < -0.3 is 5.73 Å². The monoisotopic (exact) mass is 229 g/mol. The molecule has 0 bridgehead atoms. The van der Waals surface area contributed by atoms with E-state index in [0.29, 0.717) is 11.4 Å². The molecule has 3 N–H and O–H groups in total. The lowest BCUT2D eigenvalue weighted by Gasteiger charge is -1.98. The van der Waals surface area contributed by atoms with Crippen molar-refractivity contribution in [1.29, 1.82) is 0 Å². The molecule has 3 aromatic rings. The molecule has 84 valence electrons. The van der Waals surface area contributed by atoms with E-state index in [1.54, 1.807) is 29.3 Å². The zero-order valence-electron chi connectivity index (χ0n) is 8.53. The standard InChI is InChI=1S/C9H7N7O/c10-8-13-7(14-9(17)15-8)5-3-12-16-2-1-11-4-6(5)16/h1-4H,(H3,10,13,14,15,17). The first-order valence-electron chi connectivity index (χ1n) is 4.75. The maximum absolute atomic E-state index is 11.2. The van der Waals surface area contributed by atoms with Crippen LogP contribution in [0.3, 0.4) is 0 Å². The molecule has 0 spiro atoms. The van der Waals surface area contributed by atoms with Crippen LogP contribution in [0.5, 0.6) is 0 Å². The summed E-state index contributed by atoms with van der Waals surface area (Å²) in [5, 5.41) is 4.11. The van der Waals surface area contributed by atoms with Gasteiger partial charge in [0.25, 0.3) is 0 Å². The third-order valence-corrected chi connectivity index (χ3v) is 2.25. The molecule has 0 aliphatic carbocycles. The molecular formula is C9H7N7O. The summed E-state index contributed by atoms with van der Waals surface area (Å²) < 4.78 is 1.62. The van der Waals surface area contributed by atoms with Gasteiger partial charge in [-0.05, 0) is 0 Å². The Morgan fingerprint density at radius 3 is 3.00 bits per heavy atom. The highest BCUT2D eigenvalue weighted by atomic mass is 16.1. The first kappa shape index (κ1) is 9.46. The molecule has 8 heteroatoms. The van der Waals surface area contributed by atoms with E-state index in [0.717, 1.165) is 5.52 Å². The SMILES string of the molecule is Nc1nc(-c2cnn3ccncc23)[nH]c(=O)n1. The minimum atomic E-state index is -0.546. The summed E-state index contributed by atoms with van der Waals surface area (Å²) in [6.45, 7) is 0. The molecule has 0 aliphatic heterocycles. The lowest BCUT2D eigenvalue weighted by Crippen LogP contribution is -2.15. The number of fused-ring (bicyclic) bond motifs is 1. The minimum absolute atomic E-state index is 0.0769. The van der Waals surface area contributed by atoms with Gasteiger partial charge in [0.1, 0.15) is 5.82 Å². The Bertz CT molecular complexity index is 744. The summed E-state index contributed by atoms with van der Waals surface area (Å²) in [4.78, 5) is 25.1. The molecule has 0 saturated carbocycles. The van der Waals surface area contributed by atoms with Crippen molar-refractivity contribution in [2.75, 3.05) is 5.73 Å². The zero-order valence-corrected chi connectivity index (χ0v) is 8.53. The second-order valence-electron chi connectivity index (χ2n) is 3.32. The Balaban J connectivity index is 2.30. The minimum Gasteiger partial charge on any atom is -0.368 e. The van der Waals surface area contributed by atoms with E-state index >= 15 is 0 Å². The zero-order chi connectivity index (χ0) is 11.8. The molecule has 17 heavy (non-hydrogen) atoms. The predicted octanol–water partition coefficient (Wildman–Crippen LogP) is -0.543. The number of nitrogens with two attached hydrogens (primary N) is 1. The Hall–Kier alpha value is -2.77. The smallest absolute Gasteiger partial charge is 0.349 e. The first-order valence-corrected chi connectivity index (χ1v) is 4.75. The fourth-order valence-electron chi connectivity index (χ4n) is 1.55. The number of nitrogen functional groups attached to an aromatic ring is 1. The summed E-state index contributed by atoms with van der Waals surface area (Å²) in [5.41, 5.74) is 6.25.